The van der Waals surface area contributed by atoms with Crippen molar-refractivity contribution in [2.75, 3.05) is 11.9 Å². The Morgan fingerprint density at radius 2 is 1.97 bits per heavy atom. The van der Waals surface area contributed by atoms with Crippen LogP contribution in [0.2, 0.25) is 5.02 Å². The molecule has 1 atom stereocenters. The third kappa shape index (κ3) is 3.42. The molecule has 0 aliphatic heterocycles. The minimum absolute atomic E-state index is 0.104. The molecule has 5 aromatic rings. The van der Waals surface area contributed by atoms with Gasteiger partial charge in [-0.05, 0) is 29.8 Å². The minimum atomic E-state index is -0.342. The molecule has 5 rings (SSSR count). The molecule has 0 amide bonds. The van der Waals surface area contributed by atoms with Crippen molar-refractivity contribution in [3.05, 3.63) is 71.8 Å². The van der Waals surface area contributed by atoms with Crippen LogP contribution in [0, 0.1) is 0 Å². The van der Waals surface area contributed by atoms with Crippen molar-refractivity contribution in [1.82, 2.24) is 30.1 Å². The summed E-state index contributed by atoms with van der Waals surface area (Å²) in [6.45, 7) is -0.104. The fourth-order valence-corrected chi connectivity index (χ4v) is 3.56. The van der Waals surface area contributed by atoms with E-state index in [9.17, 15) is 5.11 Å². The Labute approximate surface area is 176 Å². The summed E-state index contributed by atoms with van der Waals surface area (Å²) in [6, 6.07) is 12.8. The smallest absolute Gasteiger partial charge is 0.159 e. The Balaban J connectivity index is 1.47. The van der Waals surface area contributed by atoms with Crippen LogP contribution in [-0.2, 0) is 0 Å². The predicted octanol–water partition coefficient (Wildman–Crippen LogP) is 3.76. The van der Waals surface area contributed by atoms with E-state index < -0.39 is 0 Å². The summed E-state index contributed by atoms with van der Waals surface area (Å²) in [5.41, 5.74) is 4.69. The number of nitrogens with one attached hydrogen (secondary N) is 2. The molecule has 0 aliphatic carbocycles. The lowest BCUT2D eigenvalue weighted by molar-refractivity contribution is 0.276. The Hall–Kier alpha value is -3.62. The van der Waals surface area contributed by atoms with E-state index in [1.54, 1.807) is 18.5 Å². The Kier molecular flexibility index (Phi) is 4.70. The highest BCUT2D eigenvalue weighted by atomic mass is 35.5. The first kappa shape index (κ1) is 18.4. The number of aromatic nitrogens is 6. The summed E-state index contributed by atoms with van der Waals surface area (Å²) in [4.78, 5) is 17.7. The Bertz CT molecular complexity index is 1350. The van der Waals surface area contributed by atoms with Crippen LogP contribution in [-0.4, -0.2) is 41.8 Å². The average Bonchev–Trinajstić information content (AvgIpc) is 3.26. The fraction of sp³-hybridized carbons (Fsp3) is 0.0952. The Morgan fingerprint density at radius 1 is 1.03 bits per heavy atom. The molecule has 0 bridgehead atoms. The molecule has 9 heteroatoms. The van der Waals surface area contributed by atoms with Crippen molar-refractivity contribution in [2.45, 2.75) is 6.04 Å². The van der Waals surface area contributed by atoms with Crippen LogP contribution < -0.4 is 5.32 Å². The molecule has 0 spiro atoms. The molecule has 2 aromatic carbocycles. The van der Waals surface area contributed by atoms with Gasteiger partial charge in [0, 0.05) is 10.6 Å². The first-order valence-electron chi connectivity index (χ1n) is 9.25. The molecule has 0 aliphatic rings. The second-order valence-corrected chi connectivity index (χ2v) is 7.18. The van der Waals surface area contributed by atoms with Crippen molar-refractivity contribution in [3.63, 3.8) is 0 Å². The van der Waals surface area contributed by atoms with Crippen LogP contribution in [0.3, 0.4) is 0 Å². The highest BCUT2D eigenvalue weighted by Crippen LogP contribution is 2.27. The molecule has 3 N–H and O–H groups in total. The number of aliphatic hydroxyl groups excluding tert-OH is 1. The number of halogens is 1. The molecule has 0 saturated heterocycles. The first-order chi connectivity index (χ1) is 14.7. The van der Waals surface area contributed by atoms with Crippen molar-refractivity contribution in [2.24, 2.45) is 0 Å². The SMILES string of the molecule is OC[C@@H](Nc1cnc2cc(-c3ncnc4[nH]ncc34)ccc2n1)c1cccc(Cl)c1. The fourth-order valence-electron chi connectivity index (χ4n) is 3.36. The van der Waals surface area contributed by atoms with E-state index in [0.717, 1.165) is 33.2 Å². The molecule has 8 nitrogen and oxygen atoms in total. The zero-order valence-corrected chi connectivity index (χ0v) is 16.4. The van der Waals surface area contributed by atoms with Gasteiger partial charge in [0.15, 0.2) is 5.65 Å². The van der Waals surface area contributed by atoms with E-state index in [1.165, 1.54) is 6.33 Å². The van der Waals surface area contributed by atoms with Crippen molar-refractivity contribution >= 4 is 39.5 Å². The molecular formula is C21H16ClN7O. The van der Waals surface area contributed by atoms with Gasteiger partial charge in [-0.2, -0.15) is 5.10 Å². The number of benzene rings is 2. The number of nitrogens with zero attached hydrogens (tertiary/aromatic N) is 5. The van der Waals surface area contributed by atoms with Gasteiger partial charge in [0.2, 0.25) is 0 Å². The second-order valence-electron chi connectivity index (χ2n) is 6.75. The second kappa shape index (κ2) is 7.66. The molecule has 0 radical (unpaired) electrons. The van der Waals surface area contributed by atoms with Crippen LogP contribution in [0.5, 0.6) is 0 Å². The number of rotatable bonds is 5. The summed E-state index contributed by atoms with van der Waals surface area (Å²) in [5, 5.41) is 21.4. The Morgan fingerprint density at radius 3 is 2.83 bits per heavy atom. The summed E-state index contributed by atoms with van der Waals surface area (Å²) in [6.07, 6.45) is 4.86. The standard InChI is InChI=1S/C21H16ClN7O/c22-14-3-1-2-12(6-14)18(10-30)28-19-9-23-17-7-13(4-5-16(17)27-19)20-15-8-26-29-21(15)25-11-24-20/h1-9,11,18,30H,10H2,(H,27,28)(H,24,25,26,29)/t18-/m1/s1. The van der Waals surface area contributed by atoms with Gasteiger partial charge < -0.3 is 10.4 Å². The molecular weight excluding hydrogens is 402 g/mol. The van der Waals surface area contributed by atoms with Gasteiger partial charge in [0.05, 0.1) is 47.2 Å². The molecule has 0 fully saturated rings. The third-order valence-electron chi connectivity index (χ3n) is 4.82. The van der Waals surface area contributed by atoms with Gasteiger partial charge in [-0.3, -0.25) is 10.1 Å². The number of hydrogen-bond acceptors (Lipinski definition) is 7. The molecule has 0 saturated carbocycles. The van der Waals surface area contributed by atoms with Gasteiger partial charge in [0.1, 0.15) is 12.1 Å². The van der Waals surface area contributed by atoms with Gasteiger partial charge >= 0.3 is 0 Å². The van der Waals surface area contributed by atoms with Crippen LogP contribution >= 0.6 is 11.6 Å². The van der Waals surface area contributed by atoms with E-state index >= 15 is 0 Å². The third-order valence-corrected chi connectivity index (χ3v) is 5.05. The number of aliphatic hydroxyl groups is 1. The van der Waals surface area contributed by atoms with Gasteiger partial charge in [-0.15, -0.1) is 0 Å². The number of H-pyrrole nitrogens is 1. The lowest BCUT2D eigenvalue weighted by atomic mass is 10.1. The zero-order chi connectivity index (χ0) is 20.5. The zero-order valence-electron chi connectivity index (χ0n) is 15.6. The van der Waals surface area contributed by atoms with E-state index in [-0.39, 0.29) is 12.6 Å². The summed E-state index contributed by atoms with van der Waals surface area (Å²) in [7, 11) is 0. The highest BCUT2D eigenvalue weighted by Gasteiger charge is 2.13. The van der Waals surface area contributed by atoms with Crippen molar-refractivity contribution in [3.8, 4) is 11.3 Å². The minimum Gasteiger partial charge on any atom is -0.394 e. The highest BCUT2D eigenvalue weighted by molar-refractivity contribution is 6.30. The number of fused-ring (bicyclic) bond motifs is 2. The monoisotopic (exact) mass is 417 g/mol. The molecule has 0 unspecified atom stereocenters. The van der Waals surface area contributed by atoms with Crippen LogP contribution in [0.25, 0.3) is 33.3 Å². The predicted molar refractivity (Wildman–Crippen MR) is 115 cm³/mol. The van der Waals surface area contributed by atoms with Crippen molar-refractivity contribution in [1.29, 1.82) is 0 Å². The summed E-state index contributed by atoms with van der Waals surface area (Å²) < 4.78 is 0. The largest absolute Gasteiger partial charge is 0.394 e. The van der Waals surface area contributed by atoms with E-state index in [1.807, 2.05) is 36.4 Å². The molecule has 148 valence electrons. The lowest BCUT2D eigenvalue weighted by Crippen LogP contribution is -2.15. The summed E-state index contributed by atoms with van der Waals surface area (Å²) in [5.74, 6) is 0.563. The first-order valence-corrected chi connectivity index (χ1v) is 9.63. The quantitative estimate of drug-likeness (QED) is 0.399. The summed E-state index contributed by atoms with van der Waals surface area (Å²) >= 11 is 6.07. The van der Waals surface area contributed by atoms with Crippen LogP contribution in [0.15, 0.2) is 61.2 Å². The van der Waals surface area contributed by atoms with Crippen molar-refractivity contribution < 1.29 is 5.11 Å². The molecule has 3 aromatic heterocycles. The molecule has 3 heterocycles. The maximum absolute atomic E-state index is 9.80. The average molecular weight is 418 g/mol. The maximum atomic E-state index is 9.80. The van der Waals surface area contributed by atoms with E-state index in [0.29, 0.717) is 16.5 Å². The molecule has 30 heavy (non-hydrogen) atoms. The number of anilines is 1. The van der Waals surface area contributed by atoms with Gasteiger partial charge in [-0.1, -0.05) is 29.8 Å². The van der Waals surface area contributed by atoms with Gasteiger partial charge in [0.25, 0.3) is 0 Å². The van der Waals surface area contributed by atoms with E-state index in [4.69, 9.17) is 11.6 Å². The maximum Gasteiger partial charge on any atom is 0.159 e. The van der Waals surface area contributed by atoms with Crippen LogP contribution in [0.4, 0.5) is 5.82 Å². The number of aromatic amines is 1. The lowest BCUT2D eigenvalue weighted by Gasteiger charge is -2.17. The van der Waals surface area contributed by atoms with Crippen LogP contribution in [0.1, 0.15) is 11.6 Å². The normalized spacial score (nSPS) is 12.3. The van der Waals surface area contributed by atoms with E-state index in [2.05, 4.69) is 35.5 Å². The topological polar surface area (TPSA) is 112 Å². The number of hydrogen-bond donors (Lipinski definition) is 3. The van der Waals surface area contributed by atoms with Gasteiger partial charge in [-0.25, -0.2) is 15.0 Å².